The monoisotopic (exact) mass is 192 g/mol. The Hall–Kier alpha value is -1.58. The summed E-state index contributed by atoms with van der Waals surface area (Å²) in [7, 11) is 1.57. The van der Waals surface area contributed by atoms with Crippen molar-refractivity contribution in [1.29, 1.82) is 0 Å². The molecule has 1 amide bonds. The van der Waals surface area contributed by atoms with E-state index in [1.165, 1.54) is 0 Å². The van der Waals surface area contributed by atoms with Gasteiger partial charge in [-0.15, -0.1) is 0 Å². The predicted octanol–water partition coefficient (Wildman–Crippen LogP) is 0.679. The summed E-state index contributed by atoms with van der Waals surface area (Å²) in [6.45, 7) is 0. The van der Waals surface area contributed by atoms with Crippen LogP contribution in [0.2, 0.25) is 0 Å². The largest absolute Gasteiger partial charge is 0.481 e. The Balaban J connectivity index is 2.15. The van der Waals surface area contributed by atoms with Crippen LogP contribution in [0, 0.1) is 5.92 Å². The smallest absolute Gasteiger partial charge is 0.221 e. The van der Waals surface area contributed by atoms with Crippen LogP contribution in [0.3, 0.4) is 0 Å². The lowest BCUT2D eigenvalue weighted by atomic mass is 10.2. The van der Waals surface area contributed by atoms with Gasteiger partial charge in [0.1, 0.15) is 0 Å². The number of ether oxygens (including phenoxy) is 1. The minimum absolute atomic E-state index is 0.0328. The number of amides is 1. The van der Waals surface area contributed by atoms with E-state index in [4.69, 9.17) is 10.5 Å². The van der Waals surface area contributed by atoms with Gasteiger partial charge in [0, 0.05) is 23.6 Å². The van der Waals surface area contributed by atoms with Crippen molar-refractivity contribution >= 4 is 5.91 Å². The molecule has 1 fully saturated rings. The van der Waals surface area contributed by atoms with Crippen molar-refractivity contribution in [3.8, 4) is 5.88 Å². The average Bonchev–Trinajstić information content (AvgIpc) is 2.97. The topological polar surface area (TPSA) is 65.2 Å². The minimum Gasteiger partial charge on any atom is -0.481 e. The van der Waals surface area contributed by atoms with Gasteiger partial charge < -0.3 is 10.5 Å². The molecule has 1 aromatic heterocycles. The van der Waals surface area contributed by atoms with Crippen LogP contribution in [-0.4, -0.2) is 18.0 Å². The van der Waals surface area contributed by atoms with Crippen LogP contribution >= 0.6 is 0 Å². The van der Waals surface area contributed by atoms with E-state index in [9.17, 15) is 4.79 Å². The van der Waals surface area contributed by atoms with Crippen LogP contribution in [0.25, 0.3) is 0 Å². The Morgan fingerprint density at radius 2 is 2.43 bits per heavy atom. The van der Waals surface area contributed by atoms with Gasteiger partial charge in [-0.25, -0.2) is 4.98 Å². The second-order valence-corrected chi connectivity index (χ2v) is 3.46. The molecule has 1 aromatic rings. The number of hydrogen-bond donors (Lipinski definition) is 1. The van der Waals surface area contributed by atoms with Crippen molar-refractivity contribution in [3.63, 3.8) is 0 Å². The third-order valence-electron chi connectivity index (χ3n) is 2.49. The maximum Gasteiger partial charge on any atom is 0.221 e. The third-order valence-corrected chi connectivity index (χ3v) is 2.49. The second-order valence-electron chi connectivity index (χ2n) is 3.46. The van der Waals surface area contributed by atoms with E-state index < -0.39 is 0 Å². The van der Waals surface area contributed by atoms with Gasteiger partial charge in [0.15, 0.2) is 0 Å². The molecule has 2 N–H and O–H groups in total. The molecule has 0 saturated heterocycles. The fraction of sp³-hybridized carbons (Fsp3) is 0.400. The molecule has 0 aliphatic heterocycles. The van der Waals surface area contributed by atoms with Crippen molar-refractivity contribution in [2.75, 3.05) is 7.11 Å². The summed E-state index contributed by atoms with van der Waals surface area (Å²) >= 11 is 0. The third kappa shape index (κ3) is 1.55. The summed E-state index contributed by atoms with van der Waals surface area (Å²) in [6.07, 6.45) is 0.815. The molecule has 0 bridgehead atoms. The van der Waals surface area contributed by atoms with Crippen molar-refractivity contribution < 1.29 is 9.53 Å². The van der Waals surface area contributed by atoms with Crippen LogP contribution < -0.4 is 10.5 Å². The van der Waals surface area contributed by atoms with E-state index in [1.807, 2.05) is 12.1 Å². The van der Waals surface area contributed by atoms with E-state index >= 15 is 0 Å². The minimum atomic E-state index is -0.236. The van der Waals surface area contributed by atoms with Crippen molar-refractivity contribution in [2.45, 2.75) is 12.3 Å². The second kappa shape index (κ2) is 3.29. The van der Waals surface area contributed by atoms with E-state index in [0.29, 0.717) is 5.88 Å². The molecule has 4 heteroatoms. The zero-order chi connectivity index (χ0) is 10.1. The number of carbonyl (C=O) groups excluding carboxylic acids is 1. The molecule has 1 aliphatic rings. The van der Waals surface area contributed by atoms with Crippen molar-refractivity contribution in [2.24, 2.45) is 11.7 Å². The van der Waals surface area contributed by atoms with Gasteiger partial charge in [-0.2, -0.15) is 0 Å². The molecule has 1 aliphatic carbocycles. The summed E-state index contributed by atoms with van der Waals surface area (Å²) in [5.74, 6) is 0.509. The number of nitrogens with zero attached hydrogens (tertiary/aromatic N) is 1. The first kappa shape index (κ1) is 8.99. The highest BCUT2D eigenvalue weighted by atomic mass is 16.5. The van der Waals surface area contributed by atoms with Crippen LogP contribution in [-0.2, 0) is 4.79 Å². The summed E-state index contributed by atoms with van der Waals surface area (Å²) < 4.78 is 5.00. The Morgan fingerprint density at radius 1 is 1.64 bits per heavy atom. The molecular weight excluding hydrogens is 180 g/mol. The number of nitrogens with two attached hydrogens (primary N) is 1. The van der Waals surface area contributed by atoms with Gasteiger partial charge in [0.05, 0.1) is 7.11 Å². The van der Waals surface area contributed by atoms with Crippen molar-refractivity contribution in [1.82, 2.24) is 4.98 Å². The van der Waals surface area contributed by atoms with Gasteiger partial charge in [-0.05, 0) is 12.5 Å². The summed E-state index contributed by atoms with van der Waals surface area (Å²) in [5, 5.41) is 0. The Bertz CT molecular complexity index is 365. The average molecular weight is 192 g/mol. The lowest BCUT2D eigenvalue weighted by Crippen LogP contribution is -2.13. The zero-order valence-corrected chi connectivity index (χ0v) is 7.93. The molecule has 14 heavy (non-hydrogen) atoms. The van der Waals surface area contributed by atoms with E-state index in [-0.39, 0.29) is 17.7 Å². The number of hydrogen-bond acceptors (Lipinski definition) is 3. The van der Waals surface area contributed by atoms with Crippen LogP contribution in [0.15, 0.2) is 18.2 Å². The van der Waals surface area contributed by atoms with Gasteiger partial charge in [0.2, 0.25) is 11.8 Å². The van der Waals surface area contributed by atoms with Crippen LogP contribution in [0.1, 0.15) is 18.0 Å². The predicted molar refractivity (Wildman–Crippen MR) is 50.8 cm³/mol. The number of primary amides is 1. The van der Waals surface area contributed by atoms with Gasteiger partial charge in [-0.3, -0.25) is 4.79 Å². The molecule has 0 spiro atoms. The zero-order valence-electron chi connectivity index (χ0n) is 7.93. The molecule has 4 nitrogen and oxygen atoms in total. The highest BCUT2D eigenvalue weighted by Crippen LogP contribution is 2.46. The molecule has 74 valence electrons. The maximum atomic E-state index is 10.9. The molecular formula is C10H12N2O2. The van der Waals surface area contributed by atoms with E-state index in [2.05, 4.69) is 4.98 Å². The molecule has 2 atom stereocenters. The molecule has 2 rings (SSSR count). The molecule has 0 aromatic carbocycles. The normalized spacial score (nSPS) is 24.4. The Labute approximate surface area is 82.1 Å². The Kier molecular flexibility index (Phi) is 2.11. The number of carbonyl (C=O) groups is 1. The van der Waals surface area contributed by atoms with Crippen LogP contribution in [0.4, 0.5) is 0 Å². The lowest BCUT2D eigenvalue weighted by Gasteiger charge is -2.01. The van der Waals surface area contributed by atoms with Gasteiger partial charge in [0.25, 0.3) is 0 Å². The van der Waals surface area contributed by atoms with Gasteiger partial charge >= 0.3 is 0 Å². The lowest BCUT2D eigenvalue weighted by molar-refractivity contribution is -0.119. The number of methoxy groups -OCH3 is 1. The first-order valence-electron chi connectivity index (χ1n) is 4.52. The first-order valence-corrected chi connectivity index (χ1v) is 4.52. The Morgan fingerprint density at radius 3 is 3.00 bits per heavy atom. The van der Waals surface area contributed by atoms with E-state index in [0.717, 1.165) is 12.1 Å². The summed E-state index contributed by atoms with van der Waals surface area (Å²) in [4.78, 5) is 15.1. The molecule has 2 unspecified atom stereocenters. The summed E-state index contributed by atoms with van der Waals surface area (Å²) in [6, 6.07) is 5.55. The quantitative estimate of drug-likeness (QED) is 0.765. The highest BCUT2D eigenvalue weighted by molar-refractivity contribution is 5.80. The number of rotatable bonds is 3. The van der Waals surface area contributed by atoms with E-state index in [1.54, 1.807) is 13.2 Å². The van der Waals surface area contributed by atoms with Gasteiger partial charge in [-0.1, -0.05) is 6.07 Å². The fourth-order valence-electron chi connectivity index (χ4n) is 1.59. The SMILES string of the molecule is COc1cccc(C2CC2C(N)=O)n1. The fourth-order valence-corrected chi connectivity index (χ4v) is 1.59. The maximum absolute atomic E-state index is 10.9. The molecule has 0 radical (unpaired) electrons. The van der Waals surface area contributed by atoms with Crippen LogP contribution in [0.5, 0.6) is 5.88 Å². The summed E-state index contributed by atoms with van der Waals surface area (Å²) in [5.41, 5.74) is 6.09. The number of aromatic nitrogens is 1. The standard InChI is InChI=1S/C10H12N2O2/c1-14-9-4-2-3-8(12-9)6-5-7(6)10(11)13/h2-4,6-7H,5H2,1H3,(H2,11,13). The first-order chi connectivity index (χ1) is 6.72. The highest BCUT2D eigenvalue weighted by Gasteiger charge is 2.43. The number of pyridine rings is 1. The molecule has 1 heterocycles. The molecule has 1 saturated carbocycles. The van der Waals surface area contributed by atoms with Crippen molar-refractivity contribution in [3.05, 3.63) is 23.9 Å².